The SMILES string of the molecule is CCCCCCCC1=CC2CC3C=C(C(C)CCCCCC)C=C(CC4C=C(C(C)CCCCCC)C=C(CC5=CC(C(C)CCCCCC)=CC(CC6=CC(C(C)CCCCCC)=CC(CC7=CC(C(C)CCCCCC)=CC(CC8C=C(C(C)CCCCCC)C=C(CC9C=C(C(C)CCCCCC)C=C(CC(=C1)C2O)C9O)C8O)C7O)C6O)C5O)C4O)C3O. The molecule has 8 nitrogen and oxygen atoms in total. The lowest BCUT2D eigenvalue weighted by Crippen LogP contribution is -2.36. The predicted molar refractivity (Wildman–Crippen MR) is 541 cm³/mol. The van der Waals surface area contributed by atoms with Crippen LogP contribution in [0.25, 0.3) is 0 Å². The average Bonchev–Trinajstić information content (AvgIpc) is 0.782. The molecular formula is C119H190O8. The van der Waals surface area contributed by atoms with Gasteiger partial charge in [0.05, 0.1) is 48.8 Å². The van der Waals surface area contributed by atoms with Crippen LogP contribution in [-0.2, 0) is 0 Å². The van der Waals surface area contributed by atoms with Gasteiger partial charge in [-0.05, 0) is 234 Å². The molecule has 0 saturated heterocycles. The fraction of sp³-hybridized carbons (Fsp3) is 0.731. The van der Waals surface area contributed by atoms with Crippen LogP contribution in [0, 0.1) is 88.8 Å². The van der Waals surface area contributed by atoms with Crippen LogP contribution in [-0.4, -0.2) is 89.7 Å². The summed E-state index contributed by atoms with van der Waals surface area (Å²) in [6.45, 7) is 34.8. The van der Waals surface area contributed by atoms with E-state index in [4.69, 9.17) is 0 Å². The number of unbranched alkanes of at least 4 members (excludes halogenated alkanes) is 25. The van der Waals surface area contributed by atoms with Crippen LogP contribution in [0.1, 0.15) is 418 Å². The van der Waals surface area contributed by atoms with Crippen LogP contribution in [0.4, 0.5) is 0 Å². The third-order valence-corrected chi connectivity index (χ3v) is 32.2. The minimum Gasteiger partial charge on any atom is -0.388 e. The first-order valence-electron chi connectivity index (χ1n) is 54.2. The third kappa shape index (κ3) is 32.1. The molecule has 127 heavy (non-hydrogen) atoms. The zero-order chi connectivity index (χ0) is 91.5. The second-order valence-corrected chi connectivity index (χ2v) is 43.1. The van der Waals surface area contributed by atoms with E-state index in [9.17, 15) is 40.9 Å². The number of aliphatic hydroxyl groups is 8. The summed E-state index contributed by atoms with van der Waals surface area (Å²) in [4.78, 5) is 0. The predicted octanol–water partition coefficient (Wildman–Crippen LogP) is 30.5. The Morgan fingerprint density at radius 3 is 0.614 bits per heavy atom. The summed E-state index contributed by atoms with van der Waals surface area (Å²) in [6, 6.07) is 0. The van der Waals surface area contributed by atoms with Crippen molar-refractivity contribution in [2.45, 2.75) is 467 Å². The molecule has 0 aliphatic heterocycles. The van der Waals surface area contributed by atoms with E-state index in [2.05, 4.69) is 201 Å². The van der Waals surface area contributed by atoms with Crippen molar-refractivity contribution in [1.82, 2.24) is 0 Å². The molecule has 0 radical (unpaired) electrons. The summed E-state index contributed by atoms with van der Waals surface area (Å²) in [5.74, 6) is -1.01. The maximum absolute atomic E-state index is 13.6. The monoisotopic (exact) mass is 1750 g/mol. The number of hydrogen-bond donors (Lipinski definition) is 8. The number of fused-ring (bicyclic) bond motifs is 16. The van der Waals surface area contributed by atoms with E-state index in [-0.39, 0.29) is 88.8 Å². The lowest BCUT2D eigenvalue weighted by Gasteiger charge is -2.39. The van der Waals surface area contributed by atoms with Crippen molar-refractivity contribution in [3.8, 4) is 0 Å². The van der Waals surface area contributed by atoms with E-state index in [0.717, 1.165) is 154 Å². The van der Waals surface area contributed by atoms with Gasteiger partial charge in [-0.3, -0.25) is 0 Å². The Balaban J connectivity index is 1.23. The van der Waals surface area contributed by atoms with Crippen LogP contribution in [0.2, 0.25) is 0 Å². The van der Waals surface area contributed by atoms with Gasteiger partial charge >= 0.3 is 0 Å². The van der Waals surface area contributed by atoms with Gasteiger partial charge in [0.2, 0.25) is 0 Å². The molecule has 0 amide bonds. The summed E-state index contributed by atoms with van der Waals surface area (Å²) in [6.07, 6.45) is 80.9. The quantitative estimate of drug-likeness (QED) is 0.0279. The van der Waals surface area contributed by atoms with Gasteiger partial charge in [-0.1, -0.05) is 412 Å². The van der Waals surface area contributed by atoms with Gasteiger partial charge in [0.1, 0.15) is 0 Å². The molecule has 23 unspecified atom stereocenters. The van der Waals surface area contributed by atoms with Crippen molar-refractivity contribution in [1.29, 1.82) is 0 Å². The van der Waals surface area contributed by atoms with Gasteiger partial charge in [-0.25, -0.2) is 0 Å². The number of hydrogen-bond acceptors (Lipinski definition) is 8. The highest BCUT2D eigenvalue weighted by atomic mass is 16.3. The van der Waals surface area contributed by atoms with E-state index in [1.165, 1.54) is 199 Å². The molecule has 8 N–H and O–H groups in total. The Hall–Kier alpha value is -4.48. The molecule has 714 valence electrons. The first-order valence-corrected chi connectivity index (χ1v) is 54.2. The molecule has 1 saturated carbocycles. The lowest BCUT2D eigenvalue weighted by molar-refractivity contribution is 0.0972. The normalized spacial score (nSPS) is 29.1. The summed E-state index contributed by atoms with van der Waals surface area (Å²) in [5, 5.41) is 109. The van der Waals surface area contributed by atoms with Crippen molar-refractivity contribution in [3.63, 3.8) is 0 Å². The highest BCUT2D eigenvalue weighted by Gasteiger charge is 2.43. The molecule has 9 aliphatic rings. The summed E-state index contributed by atoms with van der Waals surface area (Å²) in [7, 11) is 0. The maximum atomic E-state index is 13.6. The van der Waals surface area contributed by atoms with E-state index in [1.54, 1.807) is 0 Å². The van der Waals surface area contributed by atoms with Gasteiger partial charge in [0, 0.05) is 47.3 Å². The first-order chi connectivity index (χ1) is 61.3. The Morgan fingerprint density at radius 2 is 0.378 bits per heavy atom. The smallest absolute Gasteiger partial charge is 0.0822 e. The number of aliphatic hydroxyl groups excluding tert-OH is 8. The number of allylic oxidation sites excluding steroid dienone is 16. The minimum absolute atomic E-state index is 0.224. The molecule has 8 heteroatoms. The molecule has 9 rings (SSSR count). The zero-order valence-electron chi connectivity index (χ0n) is 83.7. The molecule has 0 heterocycles. The molecule has 23 atom stereocenters. The van der Waals surface area contributed by atoms with Gasteiger partial charge in [0.15, 0.2) is 0 Å². The van der Waals surface area contributed by atoms with Crippen LogP contribution < -0.4 is 0 Å². The summed E-state index contributed by atoms with van der Waals surface area (Å²) >= 11 is 0. The Kier molecular flexibility index (Phi) is 46.8. The van der Waals surface area contributed by atoms with E-state index in [1.807, 2.05) is 0 Å². The van der Waals surface area contributed by atoms with E-state index >= 15 is 0 Å². The molecule has 0 aromatic rings. The molecule has 0 aromatic heterocycles. The van der Waals surface area contributed by atoms with Crippen LogP contribution in [0.5, 0.6) is 0 Å². The van der Waals surface area contributed by atoms with Gasteiger partial charge in [-0.2, -0.15) is 0 Å². The second-order valence-electron chi connectivity index (χ2n) is 43.1. The zero-order valence-corrected chi connectivity index (χ0v) is 83.7. The fourth-order valence-electron chi connectivity index (χ4n) is 23.3. The maximum Gasteiger partial charge on any atom is 0.0822 e. The highest BCUT2D eigenvalue weighted by molar-refractivity contribution is 5.48. The summed E-state index contributed by atoms with van der Waals surface area (Å²) in [5.41, 5.74) is 17.4. The molecule has 0 spiro atoms. The molecule has 1 fully saturated rings. The fourth-order valence-corrected chi connectivity index (χ4v) is 23.3. The number of rotatable bonds is 48. The highest BCUT2D eigenvalue weighted by Crippen LogP contribution is 2.50. The molecule has 9 aliphatic carbocycles. The van der Waals surface area contributed by atoms with Crippen molar-refractivity contribution in [2.75, 3.05) is 0 Å². The van der Waals surface area contributed by atoms with E-state index in [0.29, 0.717) is 51.4 Å². The summed E-state index contributed by atoms with van der Waals surface area (Å²) < 4.78 is 0. The van der Waals surface area contributed by atoms with Crippen LogP contribution in [0.15, 0.2) is 186 Å². The Labute approximate surface area is 778 Å². The molecular weight excluding hydrogens is 1560 g/mol. The van der Waals surface area contributed by atoms with E-state index < -0.39 is 48.8 Å². The van der Waals surface area contributed by atoms with Crippen molar-refractivity contribution in [3.05, 3.63) is 186 Å². The van der Waals surface area contributed by atoms with Crippen molar-refractivity contribution >= 4 is 0 Å². The standard InChI is InChI=1S/C119H190O8/c1-16-24-32-40-48-56-88-57-96-73-98-59-89(81(9)49-41-33-25-17-2)61-100(113(98)121)75-102-63-91(83(11)51-43-35-27-19-4)65-104(115(102)123)77-106-67-93(85(13)53-45-37-29-21-6)69-108(117(106)125)79-110-71-95(87(15)55-47-39-31-23-8)72-111(119(110)127)80-109-70-94(86(14)54-46-38-30-22-7)68-107(118(109)126)78-105-66-92(84(12)52-44-36-28-20-5)64-103(116(105)124)76-101-62-90(82(10)50-42-34-26-18-3)60-99(114(101)122)74-97(58-88)112(96)120/h57-72,81-87,96,98,101-102,105,107-108,111-127H,16-56,73-80H2,1-15H3. The van der Waals surface area contributed by atoms with Gasteiger partial charge in [0.25, 0.3) is 0 Å². The second kappa shape index (κ2) is 56.0. The van der Waals surface area contributed by atoms with Crippen LogP contribution >= 0.6 is 0 Å². The largest absolute Gasteiger partial charge is 0.388 e. The molecule has 0 aromatic carbocycles. The Morgan fingerprint density at radius 1 is 0.205 bits per heavy atom. The Bertz CT molecular complexity index is 3850. The third-order valence-electron chi connectivity index (χ3n) is 32.2. The van der Waals surface area contributed by atoms with Crippen molar-refractivity contribution in [2.24, 2.45) is 88.8 Å². The average molecular weight is 1750 g/mol. The van der Waals surface area contributed by atoms with Crippen LogP contribution in [0.3, 0.4) is 0 Å². The van der Waals surface area contributed by atoms with Gasteiger partial charge in [-0.15, -0.1) is 0 Å². The van der Waals surface area contributed by atoms with Gasteiger partial charge < -0.3 is 40.9 Å². The topological polar surface area (TPSA) is 162 Å². The van der Waals surface area contributed by atoms with Crippen molar-refractivity contribution < 1.29 is 40.9 Å². The lowest BCUT2D eigenvalue weighted by atomic mass is 9.69. The minimum atomic E-state index is -0.885. The molecule has 16 bridgehead atoms. The first kappa shape index (κ1) is 106.